The minimum absolute atomic E-state index is 0.269. The third-order valence-corrected chi connectivity index (χ3v) is 7.60. The van der Waals surface area contributed by atoms with E-state index >= 15 is 0 Å². The molecular weight excluding hydrogens is 724 g/mol. The first-order chi connectivity index (χ1) is 26.1. The van der Waals surface area contributed by atoms with Gasteiger partial charge in [0.05, 0.1) is 52.9 Å². The minimum atomic E-state index is -1.01. The molecule has 0 atom stereocenters. The fraction of sp³-hybridized carbons (Fsp3) is 0.875. The summed E-state index contributed by atoms with van der Waals surface area (Å²) >= 11 is 0. The van der Waals surface area contributed by atoms with Crippen molar-refractivity contribution in [3.8, 4) is 0 Å². The molecule has 54 heavy (non-hydrogen) atoms. The lowest BCUT2D eigenvalue weighted by Crippen LogP contribution is -2.37. The fourth-order valence-electron chi connectivity index (χ4n) is 4.62. The Morgan fingerprint density at radius 2 is 0.537 bits per heavy atom. The van der Waals surface area contributed by atoms with Gasteiger partial charge in [0.15, 0.2) is 0 Å². The number of aliphatic hydroxyl groups excluding tert-OH is 8. The van der Waals surface area contributed by atoms with Crippen LogP contribution in [0.4, 0.5) is 19.2 Å². The van der Waals surface area contributed by atoms with Gasteiger partial charge >= 0.3 is 24.4 Å². The molecule has 0 aliphatic rings. The Kier molecular flexibility index (Phi) is 32.1. The zero-order valence-corrected chi connectivity index (χ0v) is 31.0. The van der Waals surface area contributed by atoms with Crippen LogP contribution in [-0.2, 0) is 18.9 Å². The normalized spacial score (nSPS) is 11.4. The maximum Gasteiger partial charge on any atom is 0.407 e. The number of amides is 4. The maximum atomic E-state index is 11.9. The number of nitrogens with one attached hydrogen (secondary N) is 4. The van der Waals surface area contributed by atoms with E-state index in [1.165, 1.54) is 0 Å². The number of carbonyl (C=O) groups is 4. The summed E-state index contributed by atoms with van der Waals surface area (Å²) in [5.74, 6) is 0. The molecule has 0 unspecified atom stereocenters. The predicted octanol–water partition coefficient (Wildman–Crippen LogP) is -3.75. The lowest BCUT2D eigenvalue weighted by atomic mass is 10.2. The first-order valence-electron chi connectivity index (χ1n) is 18.2. The third-order valence-electron chi connectivity index (χ3n) is 7.60. The van der Waals surface area contributed by atoms with Crippen LogP contribution in [0, 0.1) is 0 Å². The quantitative estimate of drug-likeness (QED) is 0.0224. The van der Waals surface area contributed by atoms with Crippen molar-refractivity contribution in [2.24, 2.45) is 0 Å². The summed E-state index contributed by atoms with van der Waals surface area (Å²) in [7, 11) is 0. The molecule has 22 nitrogen and oxygen atoms in total. The van der Waals surface area contributed by atoms with E-state index in [1.54, 1.807) is 0 Å². The zero-order valence-electron chi connectivity index (χ0n) is 31.0. The molecule has 0 saturated heterocycles. The Labute approximate surface area is 315 Å². The second-order valence-electron chi connectivity index (χ2n) is 12.1. The van der Waals surface area contributed by atoms with E-state index in [-0.39, 0.29) is 26.2 Å². The van der Waals surface area contributed by atoms with Crippen molar-refractivity contribution in [3.05, 3.63) is 0 Å². The molecule has 0 fully saturated rings. The van der Waals surface area contributed by atoms with E-state index in [2.05, 4.69) is 31.1 Å². The Balaban J connectivity index is 5.11. The van der Waals surface area contributed by atoms with Crippen LogP contribution < -0.4 is 21.3 Å². The van der Waals surface area contributed by atoms with Crippen molar-refractivity contribution >= 4 is 24.4 Å². The van der Waals surface area contributed by atoms with Crippen LogP contribution in [0.15, 0.2) is 0 Å². The number of carbonyl (C=O) groups excluding carboxylic acids is 4. The number of rotatable bonds is 33. The van der Waals surface area contributed by atoms with Gasteiger partial charge in [-0.2, -0.15) is 0 Å². The monoisotopic (exact) mass is 788 g/mol. The molecule has 0 aliphatic heterocycles. The summed E-state index contributed by atoms with van der Waals surface area (Å²) in [5.41, 5.74) is 0. The SMILES string of the molecule is O=C(NCCCN(CCCCN(CCCNC(=O)OC(CO)CO)CCCNC(=O)OC(CO)CO)CCCNC(=O)OC(CO)CO)OC(CO)CO. The average molecular weight is 789 g/mol. The van der Waals surface area contributed by atoms with Crippen molar-refractivity contribution in [2.45, 2.75) is 62.9 Å². The number of alkyl carbamates (subject to hydrolysis) is 4. The van der Waals surface area contributed by atoms with E-state index < -0.39 is 102 Å². The summed E-state index contributed by atoms with van der Waals surface area (Å²) in [6.45, 7) is 0.664. The average Bonchev–Trinajstić information content (AvgIpc) is 3.18. The van der Waals surface area contributed by atoms with Gasteiger partial charge in [-0.05, 0) is 77.8 Å². The Bertz CT molecular complexity index is 816. The third kappa shape index (κ3) is 27.3. The topological polar surface area (TPSA) is 322 Å². The van der Waals surface area contributed by atoms with E-state index in [0.717, 1.165) is 12.8 Å². The van der Waals surface area contributed by atoms with E-state index in [4.69, 9.17) is 59.8 Å². The smallest absolute Gasteiger partial charge is 0.407 e. The number of hydrogen-bond acceptors (Lipinski definition) is 18. The van der Waals surface area contributed by atoms with Crippen LogP contribution in [-0.4, -0.2) is 218 Å². The number of aliphatic hydroxyl groups is 8. The van der Waals surface area contributed by atoms with E-state index in [1.807, 2.05) is 0 Å². The molecule has 0 spiro atoms. The molecule has 318 valence electrons. The van der Waals surface area contributed by atoms with Crippen molar-refractivity contribution in [2.75, 3.05) is 118 Å². The highest BCUT2D eigenvalue weighted by molar-refractivity contribution is 5.68. The highest BCUT2D eigenvalue weighted by Crippen LogP contribution is 2.04. The molecule has 0 heterocycles. The van der Waals surface area contributed by atoms with Gasteiger partial charge in [0, 0.05) is 26.2 Å². The van der Waals surface area contributed by atoms with E-state index in [9.17, 15) is 19.2 Å². The summed E-state index contributed by atoms with van der Waals surface area (Å²) in [5, 5.41) is 83.1. The van der Waals surface area contributed by atoms with Gasteiger partial charge in [-0.15, -0.1) is 0 Å². The molecule has 0 aromatic carbocycles. The minimum Gasteiger partial charge on any atom is -0.441 e. The highest BCUT2D eigenvalue weighted by atomic mass is 16.6. The van der Waals surface area contributed by atoms with Crippen LogP contribution >= 0.6 is 0 Å². The zero-order chi connectivity index (χ0) is 40.4. The first-order valence-corrected chi connectivity index (χ1v) is 18.2. The molecule has 0 bridgehead atoms. The van der Waals surface area contributed by atoms with Gasteiger partial charge in [-0.1, -0.05) is 0 Å². The first kappa shape index (κ1) is 50.7. The summed E-state index contributed by atoms with van der Waals surface area (Å²) in [6, 6.07) is 0. The number of ether oxygens (including phenoxy) is 4. The fourth-order valence-corrected chi connectivity index (χ4v) is 4.62. The molecular formula is C32H64N6O16. The van der Waals surface area contributed by atoms with Gasteiger partial charge in [0.2, 0.25) is 0 Å². The van der Waals surface area contributed by atoms with Gasteiger partial charge in [-0.25, -0.2) is 19.2 Å². The maximum absolute atomic E-state index is 11.9. The van der Waals surface area contributed by atoms with Crippen LogP contribution in [0.2, 0.25) is 0 Å². The van der Waals surface area contributed by atoms with E-state index in [0.29, 0.717) is 65.0 Å². The van der Waals surface area contributed by atoms with Crippen LogP contribution in [0.25, 0.3) is 0 Å². The van der Waals surface area contributed by atoms with Gasteiger partial charge in [0.25, 0.3) is 0 Å². The van der Waals surface area contributed by atoms with Gasteiger partial charge in [-0.3, -0.25) is 0 Å². The molecule has 4 amide bonds. The predicted molar refractivity (Wildman–Crippen MR) is 190 cm³/mol. The molecule has 0 saturated carbocycles. The second kappa shape index (κ2) is 34.2. The highest BCUT2D eigenvalue weighted by Gasteiger charge is 2.16. The van der Waals surface area contributed by atoms with Crippen molar-refractivity contribution in [1.82, 2.24) is 31.1 Å². The Hall–Kier alpha value is -3.32. The van der Waals surface area contributed by atoms with Crippen LogP contribution in [0.3, 0.4) is 0 Å². The molecule has 0 aliphatic carbocycles. The second-order valence-corrected chi connectivity index (χ2v) is 12.1. The van der Waals surface area contributed by atoms with Crippen molar-refractivity contribution < 1.29 is 79.0 Å². The summed E-state index contributed by atoms with van der Waals surface area (Å²) in [4.78, 5) is 52.0. The lowest BCUT2D eigenvalue weighted by Gasteiger charge is -2.25. The summed E-state index contributed by atoms with van der Waals surface area (Å²) < 4.78 is 19.6. The van der Waals surface area contributed by atoms with Crippen LogP contribution in [0.5, 0.6) is 0 Å². The Morgan fingerprint density at radius 1 is 0.352 bits per heavy atom. The largest absolute Gasteiger partial charge is 0.441 e. The van der Waals surface area contributed by atoms with Gasteiger partial charge in [0.1, 0.15) is 24.4 Å². The number of nitrogens with zero attached hydrogens (tertiary/aromatic N) is 2. The molecule has 0 radical (unpaired) electrons. The standard InChI is InChI=1S/C32H64N6O16/c39-17-25(18-40)51-29(47)33-7-3-13-37(14-4-8-34-30(48)52-26(19-41)20-42)11-1-2-12-38(15-5-9-35-31(49)53-27(21-43)22-44)16-6-10-36-32(50)54-28(23-45)24-46/h25-28,39-46H,1-24H2,(H,33,47)(H,34,48)(H,35,49)(H,36,50). The molecule has 0 rings (SSSR count). The van der Waals surface area contributed by atoms with Crippen molar-refractivity contribution in [3.63, 3.8) is 0 Å². The molecule has 0 aromatic heterocycles. The summed E-state index contributed by atoms with van der Waals surface area (Å²) in [6.07, 6.45) is -3.38. The molecule has 22 heteroatoms. The molecule has 0 aromatic rings. The number of unbranched alkanes of at least 4 members (excludes halogenated alkanes) is 1. The Morgan fingerprint density at radius 3 is 0.722 bits per heavy atom. The van der Waals surface area contributed by atoms with Crippen molar-refractivity contribution in [1.29, 1.82) is 0 Å². The van der Waals surface area contributed by atoms with Crippen LogP contribution in [0.1, 0.15) is 38.5 Å². The molecule has 12 N–H and O–H groups in total. The number of hydrogen-bond donors (Lipinski definition) is 12. The lowest BCUT2D eigenvalue weighted by molar-refractivity contribution is 0.0220. The van der Waals surface area contributed by atoms with Gasteiger partial charge < -0.3 is 90.9 Å².